The Morgan fingerprint density at radius 2 is 0.331 bits per heavy atom. The highest BCUT2D eigenvalue weighted by Crippen LogP contribution is 2.15. The fourth-order valence-electron chi connectivity index (χ4n) is 0.434. The van der Waals surface area contributed by atoms with Crippen LogP contribution in [-0.4, -0.2) is 232 Å². The van der Waals surface area contributed by atoms with Gasteiger partial charge in [-0.05, 0) is 47.2 Å². The van der Waals surface area contributed by atoms with Gasteiger partial charge in [0.2, 0.25) is 130 Å². The Labute approximate surface area is 643 Å². The van der Waals surface area contributed by atoms with Crippen molar-refractivity contribution in [3.8, 4) is 0 Å². The lowest BCUT2D eigenvalue weighted by atomic mass is 10.4. The second-order valence-corrected chi connectivity index (χ2v) is 7.98. The summed E-state index contributed by atoms with van der Waals surface area (Å²) in [5.41, 5.74) is 0. The first-order valence-electron chi connectivity index (χ1n) is 23.6. The smallest absolute Gasteiger partial charge is 0.372 e. The first kappa shape index (κ1) is 227. The third kappa shape index (κ3) is 3160. The SMILES string of the molecule is C=C.C=C.C=C.C=C.C=C.CCCCOCC(F)(F)F.CF.CF.CF.CF.CF.CF.COSF.FC(F)F.FCC(F)(F)F.FCC(F)(F)F.FCC(F)(F)F.FCF.FCF.FCF.FCF.FCF.FCF.FCF.FCF.FCOF.FCOF.FCOF.FCOF.FCOF.FCOF.FCOF.FCOF.FCOF. The molecule has 0 aromatic heterocycles. The van der Waals surface area contributed by atoms with Crippen molar-refractivity contribution in [1.82, 2.24) is 0 Å². The summed E-state index contributed by atoms with van der Waals surface area (Å²) in [5, 5.41) is 0. The topological polar surface area (TPSA) is 102 Å². The van der Waals surface area contributed by atoms with E-state index in [9.17, 15) is 260 Å². The maximum Gasteiger partial charge on any atom is 0.416 e. The Morgan fingerprint density at radius 3 is 0.364 bits per heavy atom. The molecule has 0 spiro atoms. The average Bonchev–Trinajstić information content (AvgIpc) is 1.02. The van der Waals surface area contributed by atoms with Crippen LogP contribution in [0.3, 0.4) is 0 Å². The Kier molecular flexibility index (Phi) is 792. The van der Waals surface area contributed by atoms with Crippen molar-refractivity contribution < 1.29 is 313 Å². The molecule has 0 aliphatic carbocycles. The summed E-state index contributed by atoms with van der Waals surface area (Å²) in [7, 11) is 4.27. The van der Waals surface area contributed by atoms with E-state index in [1.165, 1.54) is 7.11 Å². The lowest BCUT2D eigenvalue weighted by Gasteiger charge is -2.05. The van der Waals surface area contributed by atoms with E-state index in [2.05, 4.69) is 119 Å². The molecule has 11 nitrogen and oxygen atoms in total. The molecule has 0 aromatic carbocycles. The highest BCUT2D eigenvalue weighted by Gasteiger charge is 2.28. The highest BCUT2D eigenvalue weighted by molar-refractivity contribution is 7.89. The van der Waals surface area contributed by atoms with Gasteiger partial charge in [-0.1, -0.05) is 13.3 Å². The van der Waals surface area contributed by atoms with Crippen molar-refractivity contribution >= 4 is 12.4 Å². The van der Waals surface area contributed by atoms with Gasteiger partial charge in [-0.25, -0.2) is 123 Å². The summed E-state index contributed by atoms with van der Waals surface area (Å²) in [6, 6.07) is 0. The van der Waals surface area contributed by atoms with Crippen LogP contribution in [0, 0.1) is 0 Å². The minimum atomic E-state index is -4.62. The molecule has 0 amide bonds. The van der Waals surface area contributed by atoms with Crippen LogP contribution >= 0.6 is 12.4 Å². The van der Waals surface area contributed by atoms with Gasteiger partial charge in [0, 0.05) is 6.61 Å². The molecular weight excluding hydrogens is 1890 g/mol. The molecule has 0 atom stereocenters. The third-order valence-electron chi connectivity index (χ3n) is 1.80. The minimum Gasteiger partial charge on any atom is -0.372 e. The van der Waals surface area contributed by atoms with Gasteiger partial charge >= 0.3 is 31.4 Å². The van der Waals surface area contributed by atoms with Gasteiger partial charge in [-0.3, -0.25) is 30.5 Å². The van der Waals surface area contributed by atoms with Crippen molar-refractivity contribution in [3.63, 3.8) is 0 Å². The second kappa shape index (κ2) is 412. The van der Waals surface area contributed by atoms with Crippen molar-refractivity contribution in [2.75, 3.05) is 201 Å². The number of halogens is 59. The fraction of sp³-hybridized carbons (Fsp3) is 0.787. The molecule has 71 heteroatoms. The normalized spacial score (nSPS) is 7.39. The second-order valence-electron chi connectivity index (χ2n) is 7.52. The highest BCUT2D eigenvalue weighted by atomic mass is 32.2. The Hall–Kier alpha value is -5.52. The van der Waals surface area contributed by atoms with Crippen molar-refractivity contribution in [1.29, 1.82) is 0 Å². The van der Waals surface area contributed by atoms with E-state index in [-0.39, 0.29) is 19.0 Å². The predicted molar refractivity (Wildman–Crippen MR) is 319 cm³/mol. The van der Waals surface area contributed by atoms with Crippen LogP contribution in [0.25, 0.3) is 0 Å². The molecule has 118 heavy (non-hydrogen) atoms. The molecule has 0 radical (unpaired) electrons. The van der Waals surface area contributed by atoms with Gasteiger partial charge < -0.3 is 4.74 Å². The zero-order valence-electron chi connectivity index (χ0n) is 61.8. The maximum atomic E-state index is 11.4. The maximum absolute atomic E-state index is 11.4. The summed E-state index contributed by atoms with van der Waals surface area (Å²) in [4.78, 5) is 21.4. The van der Waals surface area contributed by atoms with E-state index < -0.39 is 175 Å². The van der Waals surface area contributed by atoms with E-state index in [0.29, 0.717) is 49.5 Å². The Balaban J connectivity index is -0.0000000194. The van der Waals surface area contributed by atoms with Gasteiger partial charge in [0.05, 0.1) is 50.2 Å². The number of unbranched alkanes of at least 4 members (excludes halogenated alkanes) is 1. The predicted octanol–water partition coefficient (Wildman–Crippen LogP) is 31.2. The first-order valence-corrected chi connectivity index (χ1v) is 24.2. The number of alkyl halides is 49. The molecule has 0 fully saturated rings. The summed E-state index contributed by atoms with van der Waals surface area (Å²) in [6.07, 6.45) is -16.5. The van der Waals surface area contributed by atoms with Crippen molar-refractivity contribution in [2.24, 2.45) is 0 Å². The molecule has 0 N–H and O–H groups in total. The molecule has 0 saturated heterocycles. The van der Waals surface area contributed by atoms with Crippen LogP contribution in [0.4, 0.5) is 260 Å². The summed E-state index contributed by atoms with van der Waals surface area (Å²) in [6.45, 7) is -5.49. The van der Waals surface area contributed by atoms with E-state index in [1.807, 2.05) is 6.92 Å². The lowest BCUT2D eigenvalue weighted by molar-refractivity contribution is -0.174. The van der Waals surface area contributed by atoms with Crippen LogP contribution in [0.2, 0.25) is 0 Å². The average molecular weight is 1990 g/mol. The molecule has 0 heterocycles. The monoisotopic (exact) mass is 1990 g/mol. The zero-order valence-corrected chi connectivity index (χ0v) is 62.6. The summed E-state index contributed by atoms with van der Waals surface area (Å²) < 4.78 is 597. The largest absolute Gasteiger partial charge is 0.416 e. The molecule has 0 aliphatic rings. The van der Waals surface area contributed by atoms with Gasteiger partial charge in [0.25, 0.3) is 0 Å². The first-order chi connectivity index (χ1) is 55.4. The van der Waals surface area contributed by atoms with Gasteiger partial charge in [-0.15, -0.1) is 69.7 Å². The fourth-order valence-corrected chi connectivity index (χ4v) is 0.434. The van der Waals surface area contributed by atoms with Crippen LogP contribution < -0.4 is 0 Å². The van der Waals surface area contributed by atoms with E-state index in [1.54, 1.807) is 0 Å². The molecule has 0 saturated carbocycles. The van der Waals surface area contributed by atoms with Crippen LogP contribution in [0.15, 0.2) is 65.8 Å². The molecule has 0 bridgehead atoms. The van der Waals surface area contributed by atoms with Crippen LogP contribution in [0.1, 0.15) is 19.8 Å². The van der Waals surface area contributed by atoms with Gasteiger partial charge in [-0.2, -0.15) is 110 Å². The Bertz CT molecular complexity index is 796. The lowest BCUT2D eigenvalue weighted by Crippen LogP contribution is -2.17. The quantitative estimate of drug-likeness (QED) is 0.0716. The standard InChI is InChI=1S/C6H11F3O.3C2H2F4.5C2H4.CHF3.9CH2F2O.8CH2F2.CH3FOS.6CH3F/c1-2-3-4-10-5-6(7,8)9;3*3-1-2(4,5)6;5*1-2;2-1(3)4;9*2-1-4-3;8*2-1-3;1-3-4-2;6*1-2/h2-5H2,1H3;3*1H2;5*1-2H2;1H;9*1H2;8*1H2;1H3;6*1H3. The third-order valence-corrected chi connectivity index (χ3v) is 1.92. The van der Waals surface area contributed by atoms with E-state index in [0.717, 1.165) is 6.42 Å². The molecule has 0 rings (SSSR count). The number of hydrogen-bond acceptors (Lipinski definition) is 12. The van der Waals surface area contributed by atoms with Crippen LogP contribution in [0.5, 0.6) is 0 Å². The Morgan fingerprint density at radius 1 is 0.254 bits per heavy atom. The summed E-state index contributed by atoms with van der Waals surface area (Å²) in [5.74, 6) is 0. The van der Waals surface area contributed by atoms with Gasteiger partial charge in [0.15, 0.2) is 20.0 Å². The van der Waals surface area contributed by atoms with E-state index >= 15 is 0 Å². The van der Waals surface area contributed by atoms with Crippen molar-refractivity contribution in [3.05, 3.63) is 65.8 Å². The molecular formula is C47H93F59O11S. The van der Waals surface area contributed by atoms with Crippen LogP contribution in [-0.2, 0) is 53.4 Å². The summed E-state index contributed by atoms with van der Waals surface area (Å²) >= 11 is -0.144. The molecule has 766 valence electrons. The number of hydrogen-bond donors (Lipinski definition) is 0. The minimum absolute atomic E-state index is 0.144. The van der Waals surface area contributed by atoms with Crippen molar-refractivity contribution in [2.45, 2.75) is 51.1 Å². The number of ether oxygens (including phenoxy) is 1. The van der Waals surface area contributed by atoms with Gasteiger partial charge in [0.1, 0.15) is 6.61 Å². The van der Waals surface area contributed by atoms with E-state index in [4.69, 9.17) is 0 Å². The zero-order chi connectivity index (χ0) is 105. The molecule has 0 unspecified atom stereocenters. The molecule has 0 aromatic rings. The molecule has 0 aliphatic heterocycles. The number of rotatable bonds is 14.